The van der Waals surface area contributed by atoms with Crippen molar-refractivity contribution < 1.29 is 17.0 Å². The van der Waals surface area contributed by atoms with Crippen molar-refractivity contribution in [2.75, 3.05) is 7.11 Å². The highest BCUT2D eigenvalue weighted by atomic mass is 79.9. The Labute approximate surface area is 83.8 Å². The molecule has 0 unspecified atom stereocenters. The normalized spacial score (nSPS) is 11.6. The monoisotopic (exact) mass is 268 g/mol. The van der Waals surface area contributed by atoms with Gasteiger partial charge in [0.05, 0.1) is 16.5 Å². The minimum atomic E-state index is -3.80. The maximum atomic E-state index is 12.9. The maximum Gasteiger partial charge on any atom is 0.296 e. The van der Waals surface area contributed by atoms with Crippen molar-refractivity contribution in [2.45, 2.75) is 4.90 Å². The van der Waals surface area contributed by atoms with Crippen molar-refractivity contribution in [3.05, 3.63) is 28.5 Å². The minimum absolute atomic E-state index is 0.198. The van der Waals surface area contributed by atoms with Gasteiger partial charge in [-0.1, -0.05) is 0 Å². The second kappa shape index (κ2) is 3.73. The van der Waals surface area contributed by atoms with E-state index in [2.05, 4.69) is 20.1 Å². The van der Waals surface area contributed by atoms with Crippen molar-refractivity contribution >= 4 is 26.0 Å². The fourth-order valence-corrected chi connectivity index (χ4v) is 1.65. The van der Waals surface area contributed by atoms with Crippen LogP contribution in [0.1, 0.15) is 0 Å². The number of rotatable bonds is 2. The third-order valence-corrected chi connectivity index (χ3v) is 3.31. The standard InChI is InChI=1S/C7H6BrFO3S/c1-12-13(10,11)5-2-3-6(8)7(9)4-5/h2-4H,1H3. The molecule has 0 saturated heterocycles. The molecular formula is C7H6BrFO3S. The molecule has 1 aromatic carbocycles. The third-order valence-electron chi connectivity index (χ3n) is 1.40. The number of hydrogen-bond donors (Lipinski definition) is 0. The van der Waals surface area contributed by atoms with Crippen LogP contribution in [0.25, 0.3) is 0 Å². The van der Waals surface area contributed by atoms with Crippen LogP contribution in [0, 0.1) is 5.82 Å². The van der Waals surface area contributed by atoms with Gasteiger partial charge in [-0.05, 0) is 34.1 Å². The van der Waals surface area contributed by atoms with Crippen LogP contribution in [0.4, 0.5) is 4.39 Å². The second-order valence-electron chi connectivity index (χ2n) is 2.20. The summed E-state index contributed by atoms with van der Waals surface area (Å²) in [6, 6.07) is 3.45. The lowest BCUT2D eigenvalue weighted by Crippen LogP contribution is -2.03. The predicted octanol–water partition coefficient (Wildman–Crippen LogP) is 1.92. The summed E-state index contributed by atoms with van der Waals surface area (Å²) in [5.74, 6) is -0.641. The lowest BCUT2D eigenvalue weighted by Gasteiger charge is -2.01. The Morgan fingerprint density at radius 2 is 2.08 bits per heavy atom. The van der Waals surface area contributed by atoms with E-state index < -0.39 is 15.9 Å². The molecule has 0 heterocycles. The molecule has 0 atom stereocenters. The van der Waals surface area contributed by atoms with E-state index in [0.29, 0.717) is 0 Å². The molecule has 0 aliphatic rings. The van der Waals surface area contributed by atoms with Gasteiger partial charge in [-0.3, -0.25) is 4.18 Å². The van der Waals surface area contributed by atoms with Crippen LogP contribution in [0.2, 0.25) is 0 Å². The third kappa shape index (κ3) is 2.26. The first-order valence-electron chi connectivity index (χ1n) is 3.23. The van der Waals surface area contributed by atoms with Gasteiger partial charge in [0, 0.05) is 0 Å². The molecule has 0 spiro atoms. The van der Waals surface area contributed by atoms with Crippen molar-refractivity contribution in [1.82, 2.24) is 0 Å². The van der Waals surface area contributed by atoms with Gasteiger partial charge in [0.15, 0.2) is 0 Å². The Hall–Kier alpha value is -0.460. The lowest BCUT2D eigenvalue weighted by atomic mass is 10.3. The maximum absolute atomic E-state index is 12.9. The average molecular weight is 269 g/mol. The minimum Gasteiger partial charge on any atom is -0.270 e. The van der Waals surface area contributed by atoms with E-state index in [9.17, 15) is 12.8 Å². The lowest BCUT2D eigenvalue weighted by molar-refractivity contribution is 0.397. The topological polar surface area (TPSA) is 43.4 Å². The second-order valence-corrected chi connectivity index (χ2v) is 4.76. The van der Waals surface area contributed by atoms with Crippen LogP contribution in [0.3, 0.4) is 0 Å². The molecule has 0 aliphatic carbocycles. The summed E-state index contributed by atoms with van der Waals surface area (Å²) in [4.78, 5) is -0.198. The quantitative estimate of drug-likeness (QED) is 0.770. The molecule has 1 rings (SSSR count). The Kier molecular flexibility index (Phi) is 3.05. The van der Waals surface area contributed by atoms with Gasteiger partial charge in [0.2, 0.25) is 0 Å². The van der Waals surface area contributed by atoms with E-state index in [1.54, 1.807) is 0 Å². The first-order chi connectivity index (χ1) is 5.97. The van der Waals surface area contributed by atoms with E-state index in [1.807, 2.05) is 0 Å². The Balaban J connectivity index is 3.27. The van der Waals surface area contributed by atoms with Gasteiger partial charge < -0.3 is 0 Å². The molecule has 0 saturated carbocycles. The largest absolute Gasteiger partial charge is 0.296 e. The molecular weight excluding hydrogens is 263 g/mol. The number of halogens is 2. The Morgan fingerprint density at radius 3 is 2.54 bits per heavy atom. The van der Waals surface area contributed by atoms with E-state index in [4.69, 9.17) is 0 Å². The molecule has 1 aromatic rings. The summed E-state index contributed by atoms with van der Waals surface area (Å²) < 4.78 is 39.4. The van der Waals surface area contributed by atoms with E-state index >= 15 is 0 Å². The summed E-state index contributed by atoms with van der Waals surface area (Å²) in [6.45, 7) is 0. The molecule has 6 heteroatoms. The molecule has 0 amide bonds. The summed E-state index contributed by atoms with van der Waals surface area (Å²) in [6.07, 6.45) is 0. The fraction of sp³-hybridized carbons (Fsp3) is 0.143. The van der Waals surface area contributed by atoms with Crippen LogP contribution in [0.15, 0.2) is 27.6 Å². The molecule has 0 bridgehead atoms. The molecule has 0 radical (unpaired) electrons. The summed E-state index contributed by atoms with van der Waals surface area (Å²) in [7, 11) is -2.78. The number of hydrogen-bond acceptors (Lipinski definition) is 3. The van der Waals surface area contributed by atoms with Crippen LogP contribution in [-0.4, -0.2) is 15.5 Å². The molecule has 72 valence electrons. The molecule has 13 heavy (non-hydrogen) atoms. The van der Waals surface area contributed by atoms with E-state index in [1.165, 1.54) is 12.1 Å². The SMILES string of the molecule is COS(=O)(=O)c1ccc(Br)c(F)c1. The predicted molar refractivity (Wildman–Crippen MR) is 48.3 cm³/mol. The van der Waals surface area contributed by atoms with Crippen LogP contribution in [-0.2, 0) is 14.3 Å². The first-order valence-corrected chi connectivity index (χ1v) is 5.43. The first kappa shape index (κ1) is 10.6. The van der Waals surface area contributed by atoms with E-state index in [0.717, 1.165) is 13.2 Å². The van der Waals surface area contributed by atoms with Gasteiger partial charge in [0.25, 0.3) is 10.1 Å². The van der Waals surface area contributed by atoms with Crippen molar-refractivity contribution in [3.8, 4) is 0 Å². The zero-order valence-corrected chi connectivity index (χ0v) is 9.02. The summed E-state index contributed by atoms with van der Waals surface area (Å²) in [5.41, 5.74) is 0. The molecule has 0 aliphatic heterocycles. The van der Waals surface area contributed by atoms with Crippen molar-refractivity contribution in [1.29, 1.82) is 0 Å². The van der Waals surface area contributed by atoms with Gasteiger partial charge in [0.1, 0.15) is 5.82 Å². The fourth-order valence-electron chi connectivity index (χ4n) is 0.729. The van der Waals surface area contributed by atoms with Gasteiger partial charge in [-0.2, -0.15) is 8.42 Å². The Morgan fingerprint density at radius 1 is 1.46 bits per heavy atom. The van der Waals surface area contributed by atoms with Crippen molar-refractivity contribution in [3.63, 3.8) is 0 Å². The van der Waals surface area contributed by atoms with Gasteiger partial charge in [-0.25, -0.2) is 4.39 Å². The van der Waals surface area contributed by atoms with Crippen molar-refractivity contribution in [2.24, 2.45) is 0 Å². The molecule has 0 fully saturated rings. The molecule has 0 N–H and O–H groups in total. The molecule has 3 nitrogen and oxygen atoms in total. The van der Waals surface area contributed by atoms with E-state index in [-0.39, 0.29) is 9.37 Å². The Bertz CT molecular complexity index is 416. The highest BCUT2D eigenvalue weighted by molar-refractivity contribution is 9.10. The highest BCUT2D eigenvalue weighted by Crippen LogP contribution is 2.20. The average Bonchev–Trinajstić information content (AvgIpc) is 2.09. The highest BCUT2D eigenvalue weighted by Gasteiger charge is 2.14. The summed E-state index contributed by atoms with van der Waals surface area (Å²) >= 11 is 2.91. The zero-order chi connectivity index (χ0) is 10.1. The van der Waals surface area contributed by atoms with Crippen LogP contribution < -0.4 is 0 Å². The van der Waals surface area contributed by atoms with Gasteiger partial charge >= 0.3 is 0 Å². The molecule has 0 aromatic heterocycles. The van der Waals surface area contributed by atoms with Crippen LogP contribution >= 0.6 is 15.9 Å². The van der Waals surface area contributed by atoms with Crippen LogP contribution in [0.5, 0.6) is 0 Å². The smallest absolute Gasteiger partial charge is 0.270 e. The summed E-state index contributed by atoms with van der Waals surface area (Å²) in [5, 5.41) is 0. The zero-order valence-electron chi connectivity index (χ0n) is 6.62. The van der Waals surface area contributed by atoms with Gasteiger partial charge in [-0.15, -0.1) is 0 Å². The number of benzene rings is 1.